The third-order valence-electron chi connectivity index (χ3n) is 2.60. The lowest BCUT2D eigenvalue weighted by Gasteiger charge is -2.26. The Bertz CT molecular complexity index is 137. The molecule has 1 heterocycles. The van der Waals surface area contributed by atoms with Gasteiger partial charge in [-0.15, -0.1) is 0 Å². The molecule has 84 valence electrons. The van der Waals surface area contributed by atoms with Gasteiger partial charge in [-0.1, -0.05) is 6.92 Å². The van der Waals surface area contributed by atoms with Gasteiger partial charge in [0.2, 0.25) is 0 Å². The number of nitrogens with zero attached hydrogens (tertiary/aromatic N) is 1. The Hall–Kier alpha value is -0.160. The summed E-state index contributed by atoms with van der Waals surface area (Å²) in [4.78, 5) is 2.43. The Morgan fingerprint density at radius 3 is 2.79 bits per heavy atom. The van der Waals surface area contributed by atoms with Gasteiger partial charge in [-0.2, -0.15) is 0 Å². The Balaban J connectivity index is 1.92. The highest BCUT2D eigenvalue weighted by atomic mass is 16.5. The van der Waals surface area contributed by atoms with Crippen molar-refractivity contribution >= 4 is 0 Å². The molecule has 1 atom stereocenters. The van der Waals surface area contributed by atoms with Crippen molar-refractivity contribution in [1.29, 1.82) is 0 Å². The highest BCUT2D eigenvalue weighted by Crippen LogP contribution is 1.95. The van der Waals surface area contributed by atoms with E-state index in [9.17, 15) is 0 Å². The summed E-state index contributed by atoms with van der Waals surface area (Å²) in [6.07, 6.45) is 0. The predicted octanol–water partition coefficient (Wildman–Crippen LogP) is -0.497. The van der Waals surface area contributed by atoms with Crippen molar-refractivity contribution in [3.63, 3.8) is 0 Å². The van der Waals surface area contributed by atoms with Crippen LogP contribution in [0.2, 0.25) is 0 Å². The minimum absolute atomic E-state index is 0.583. The van der Waals surface area contributed by atoms with Crippen LogP contribution in [0.25, 0.3) is 0 Å². The highest BCUT2D eigenvalue weighted by molar-refractivity contribution is 4.64. The van der Waals surface area contributed by atoms with Crippen molar-refractivity contribution in [2.24, 2.45) is 11.7 Å². The molecule has 14 heavy (non-hydrogen) atoms. The first kappa shape index (κ1) is 11.9. The third kappa shape index (κ3) is 4.91. The normalized spacial score (nSPS) is 21.0. The summed E-state index contributed by atoms with van der Waals surface area (Å²) in [5.41, 5.74) is 5.53. The van der Waals surface area contributed by atoms with E-state index in [0.29, 0.717) is 5.92 Å². The number of ether oxygens (including phenoxy) is 1. The van der Waals surface area contributed by atoms with Crippen molar-refractivity contribution < 1.29 is 4.74 Å². The molecule has 0 aromatic carbocycles. The van der Waals surface area contributed by atoms with Crippen molar-refractivity contribution in [1.82, 2.24) is 10.2 Å². The first-order chi connectivity index (χ1) is 6.83. The molecule has 0 radical (unpaired) electrons. The molecule has 3 N–H and O–H groups in total. The zero-order valence-electron chi connectivity index (χ0n) is 9.17. The smallest absolute Gasteiger partial charge is 0.0594 e. The molecular formula is C10H23N3O. The van der Waals surface area contributed by atoms with Crippen LogP contribution < -0.4 is 11.1 Å². The van der Waals surface area contributed by atoms with Crippen LogP contribution in [0.3, 0.4) is 0 Å². The molecule has 0 bridgehead atoms. The summed E-state index contributed by atoms with van der Waals surface area (Å²) >= 11 is 0. The second-order valence-corrected chi connectivity index (χ2v) is 4.00. The average Bonchev–Trinajstić information content (AvgIpc) is 2.25. The summed E-state index contributed by atoms with van der Waals surface area (Å²) in [7, 11) is 0. The van der Waals surface area contributed by atoms with E-state index in [2.05, 4.69) is 17.1 Å². The van der Waals surface area contributed by atoms with Gasteiger partial charge < -0.3 is 15.8 Å². The van der Waals surface area contributed by atoms with Crippen LogP contribution in [-0.4, -0.2) is 57.4 Å². The molecule has 1 aliphatic heterocycles. The number of hydrogen-bond acceptors (Lipinski definition) is 4. The minimum Gasteiger partial charge on any atom is -0.379 e. The van der Waals surface area contributed by atoms with E-state index in [1.165, 1.54) is 0 Å². The van der Waals surface area contributed by atoms with Crippen LogP contribution in [0, 0.1) is 5.92 Å². The first-order valence-corrected chi connectivity index (χ1v) is 5.54. The number of morpholine rings is 1. The topological polar surface area (TPSA) is 50.5 Å². The molecule has 4 nitrogen and oxygen atoms in total. The van der Waals surface area contributed by atoms with E-state index < -0.39 is 0 Å². The lowest BCUT2D eigenvalue weighted by molar-refractivity contribution is 0.0384. The second-order valence-electron chi connectivity index (χ2n) is 4.00. The number of nitrogens with one attached hydrogen (secondary N) is 1. The van der Waals surface area contributed by atoms with E-state index in [0.717, 1.165) is 52.5 Å². The largest absolute Gasteiger partial charge is 0.379 e. The molecule has 4 heteroatoms. The van der Waals surface area contributed by atoms with E-state index in [1.807, 2.05) is 0 Å². The SMILES string of the molecule is CC(CN)CNCCN1CCOCC1. The van der Waals surface area contributed by atoms with E-state index in [1.54, 1.807) is 0 Å². The van der Waals surface area contributed by atoms with Gasteiger partial charge in [-0.05, 0) is 19.0 Å². The van der Waals surface area contributed by atoms with E-state index in [-0.39, 0.29) is 0 Å². The van der Waals surface area contributed by atoms with Gasteiger partial charge in [0.05, 0.1) is 13.2 Å². The van der Waals surface area contributed by atoms with Gasteiger partial charge >= 0.3 is 0 Å². The molecule has 1 rings (SSSR count). The van der Waals surface area contributed by atoms with Crippen LogP contribution in [0.5, 0.6) is 0 Å². The maximum Gasteiger partial charge on any atom is 0.0594 e. The monoisotopic (exact) mass is 201 g/mol. The fourth-order valence-corrected chi connectivity index (χ4v) is 1.49. The van der Waals surface area contributed by atoms with Crippen molar-refractivity contribution in [3.05, 3.63) is 0 Å². The fraction of sp³-hybridized carbons (Fsp3) is 1.00. The highest BCUT2D eigenvalue weighted by Gasteiger charge is 2.08. The summed E-state index contributed by atoms with van der Waals surface area (Å²) in [5.74, 6) is 0.583. The van der Waals surface area contributed by atoms with Gasteiger partial charge in [0, 0.05) is 26.2 Å². The molecule has 0 aromatic rings. The van der Waals surface area contributed by atoms with Crippen LogP contribution in [-0.2, 0) is 4.74 Å². The Labute approximate surface area is 86.8 Å². The first-order valence-electron chi connectivity index (χ1n) is 5.54. The Morgan fingerprint density at radius 2 is 2.14 bits per heavy atom. The van der Waals surface area contributed by atoms with E-state index >= 15 is 0 Å². The maximum absolute atomic E-state index is 5.53. The molecule has 1 aliphatic rings. The maximum atomic E-state index is 5.53. The third-order valence-corrected chi connectivity index (χ3v) is 2.60. The van der Waals surface area contributed by atoms with Crippen LogP contribution in [0.15, 0.2) is 0 Å². The standard InChI is InChI=1S/C10H23N3O/c1-10(8-11)9-12-2-3-13-4-6-14-7-5-13/h10,12H,2-9,11H2,1H3. The van der Waals surface area contributed by atoms with Gasteiger partial charge in [0.25, 0.3) is 0 Å². The van der Waals surface area contributed by atoms with Crippen LogP contribution >= 0.6 is 0 Å². The zero-order valence-corrected chi connectivity index (χ0v) is 9.17. The van der Waals surface area contributed by atoms with Crippen LogP contribution in [0.4, 0.5) is 0 Å². The van der Waals surface area contributed by atoms with Gasteiger partial charge in [0.15, 0.2) is 0 Å². The van der Waals surface area contributed by atoms with Crippen molar-refractivity contribution in [3.8, 4) is 0 Å². The molecule has 1 saturated heterocycles. The van der Waals surface area contributed by atoms with Crippen LogP contribution in [0.1, 0.15) is 6.92 Å². The number of hydrogen-bond donors (Lipinski definition) is 2. The van der Waals surface area contributed by atoms with Crippen molar-refractivity contribution in [2.75, 3.05) is 52.5 Å². The lowest BCUT2D eigenvalue weighted by atomic mass is 10.2. The number of nitrogens with two attached hydrogens (primary N) is 1. The predicted molar refractivity (Wildman–Crippen MR) is 58.3 cm³/mol. The lowest BCUT2D eigenvalue weighted by Crippen LogP contribution is -2.41. The summed E-state index contributed by atoms with van der Waals surface area (Å²) in [5, 5.41) is 3.42. The van der Waals surface area contributed by atoms with E-state index in [4.69, 9.17) is 10.5 Å². The Morgan fingerprint density at radius 1 is 1.43 bits per heavy atom. The number of rotatable bonds is 6. The average molecular weight is 201 g/mol. The zero-order chi connectivity index (χ0) is 10.2. The van der Waals surface area contributed by atoms with Crippen molar-refractivity contribution in [2.45, 2.75) is 6.92 Å². The summed E-state index contributed by atoms with van der Waals surface area (Å²) in [6.45, 7) is 10.1. The van der Waals surface area contributed by atoms with Gasteiger partial charge in [0.1, 0.15) is 0 Å². The summed E-state index contributed by atoms with van der Waals surface area (Å²) in [6, 6.07) is 0. The molecule has 1 unspecified atom stereocenters. The molecule has 0 aliphatic carbocycles. The second kappa shape index (κ2) is 7.17. The molecule has 0 spiro atoms. The fourth-order valence-electron chi connectivity index (χ4n) is 1.49. The quantitative estimate of drug-likeness (QED) is 0.569. The van der Waals surface area contributed by atoms with Gasteiger partial charge in [-0.3, -0.25) is 4.90 Å². The van der Waals surface area contributed by atoms with Gasteiger partial charge in [-0.25, -0.2) is 0 Å². The molecule has 0 saturated carbocycles. The minimum atomic E-state index is 0.583. The molecule has 0 amide bonds. The molecule has 1 fully saturated rings. The molecule has 0 aromatic heterocycles. The molecular weight excluding hydrogens is 178 g/mol. The summed E-state index contributed by atoms with van der Waals surface area (Å²) < 4.78 is 5.28. The Kier molecular flexibility index (Phi) is 6.10.